The second kappa shape index (κ2) is 7.80. The molecule has 0 fully saturated rings. The standard InChI is InChI=1S/C21H19N3O3/c1-13(22)19-17(6-3-7-18(19)21(26)27)14-4-2-5-15(12-14)20(25)24-16-8-10-23-11-9-16/h2-13H,22H2,1H3,(H,26,27)(H,23,24,25). The monoisotopic (exact) mass is 361 g/mol. The number of pyridine rings is 1. The molecule has 0 bridgehead atoms. The van der Waals surface area contributed by atoms with Crippen molar-refractivity contribution < 1.29 is 14.7 Å². The van der Waals surface area contributed by atoms with Gasteiger partial charge in [-0.25, -0.2) is 4.79 Å². The fraction of sp³-hybridized carbons (Fsp3) is 0.0952. The van der Waals surface area contributed by atoms with Crippen LogP contribution < -0.4 is 11.1 Å². The van der Waals surface area contributed by atoms with Crippen molar-refractivity contribution in [2.75, 3.05) is 5.32 Å². The Hall–Kier alpha value is -3.51. The molecule has 1 aromatic heterocycles. The third-order valence-corrected chi connectivity index (χ3v) is 4.17. The van der Waals surface area contributed by atoms with Gasteiger partial charge in [0.1, 0.15) is 0 Å². The third-order valence-electron chi connectivity index (χ3n) is 4.17. The summed E-state index contributed by atoms with van der Waals surface area (Å²) < 4.78 is 0. The highest BCUT2D eigenvalue weighted by Crippen LogP contribution is 2.31. The van der Waals surface area contributed by atoms with Gasteiger partial charge in [0.2, 0.25) is 0 Å². The van der Waals surface area contributed by atoms with Crippen LogP contribution in [0, 0.1) is 0 Å². The molecule has 1 amide bonds. The number of carbonyl (C=O) groups is 2. The minimum Gasteiger partial charge on any atom is -0.478 e. The molecule has 0 spiro atoms. The van der Waals surface area contributed by atoms with Crippen molar-refractivity contribution in [3.05, 3.63) is 83.7 Å². The lowest BCUT2D eigenvalue weighted by Gasteiger charge is -2.16. The summed E-state index contributed by atoms with van der Waals surface area (Å²) in [6, 6.07) is 15.0. The summed E-state index contributed by atoms with van der Waals surface area (Å²) in [7, 11) is 0. The molecule has 0 aliphatic heterocycles. The van der Waals surface area contributed by atoms with Gasteiger partial charge >= 0.3 is 5.97 Å². The number of carbonyl (C=O) groups excluding carboxylic acids is 1. The first-order valence-electron chi connectivity index (χ1n) is 8.41. The van der Waals surface area contributed by atoms with E-state index in [1.54, 1.807) is 55.7 Å². The van der Waals surface area contributed by atoms with Gasteiger partial charge in [0.05, 0.1) is 5.56 Å². The Balaban J connectivity index is 2.00. The van der Waals surface area contributed by atoms with E-state index >= 15 is 0 Å². The summed E-state index contributed by atoms with van der Waals surface area (Å²) in [4.78, 5) is 28.0. The molecule has 0 aliphatic carbocycles. The van der Waals surface area contributed by atoms with E-state index in [1.807, 2.05) is 12.1 Å². The largest absolute Gasteiger partial charge is 0.478 e. The predicted molar refractivity (Wildman–Crippen MR) is 104 cm³/mol. The van der Waals surface area contributed by atoms with Gasteiger partial charge in [-0.3, -0.25) is 9.78 Å². The minimum atomic E-state index is -1.03. The number of hydrogen-bond acceptors (Lipinski definition) is 4. The summed E-state index contributed by atoms with van der Waals surface area (Å²) in [5.74, 6) is -1.30. The van der Waals surface area contributed by atoms with Crippen LogP contribution in [0.1, 0.15) is 39.2 Å². The van der Waals surface area contributed by atoms with E-state index in [2.05, 4.69) is 10.3 Å². The van der Waals surface area contributed by atoms with Crippen molar-refractivity contribution >= 4 is 17.6 Å². The van der Waals surface area contributed by atoms with Gasteiger partial charge in [0, 0.05) is 29.7 Å². The van der Waals surface area contributed by atoms with Crippen LogP contribution in [0.4, 0.5) is 5.69 Å². The van der Waals surface area contributed by atoms with Gasteiger partial charge < -0.3 is 16.2 Å². The van der Waals surface area contributed by atoms with E-state index in [4.69, 9.17) is 5.73 Å². The third kappa shape index (κ3) is 4.02. The Morgan fingerprint density at radius 3 is 2.44 bits per heavy atom. The highest BCUT2D eigenvalue weighted by atomic mass is 16.4. The molecular formula is C21H19N3O3. The van der Waals surface area contributed by atoms with Crippen LogP contribution in [0.5, 0.6) is 0 Å². The number of rotatable bonds is 5. The van der Waals surface area contributed by atoms with Crippen LogP contribution >= 0.6 is 0 Å². The number of aromatic nitrogens is 1. The van der Waals surface area contributed by atoms with Gasteiger partial charge in [0.25, 0.3) is 5.91 Å². The number of nitrogens with zero attached hydrogens (tertiary/aromatic N) is 1. The summed E-state index contributed by atoms with van der Waals surface area (Å²) in [5, 5.41) is 12.3. The highest BCUT2D eigenvalue weighted by Gasteiger charge is 2.18. The molecule has 0 aliphatic rings. The number of benzene rings is 2. The zero-order valence-electron chi connectivity index (χ0n) is 14.7. The van der Waals surface area contributed by atoms with Crippen LogP contribution in [-0.4, -0.2) is 22.0 Å². The maximum absolute atomic E-state index is 12.5. The van der Waals surface area contributed by atoms with Crippen molar-refractivity contribution in [2.24, 2.45) is 5.73 Å². The normalized spacial score (nSPS) is 11.6. The molecule has 6 nitrogen and oxygen atoms in total. The molecular weight excluding hydrogens is 342 g/mol. The first-order chi connectivity index (χ1) is 13.0. The number of nitrogens with one attached hydrogen (secondary N) is 1. The molecule has 6 heteroatoms. The van der Waals surface area contributed by atoms with Crippen LogP contribution in [0.2, 0.25) is 0 Å². The van der Waals surface area contributed by atoms with Crippen molar-refractivity contribution in [3.63, 3.8) is 0 Å². The maximum atomic E-state index is 12.5. The maximum Gasteiger partial charge on any atom is 0.336 e. The predicted octanol–water partition coefficient (Wildman–Crippen LogP) is 3.72. The van der Waals surface area contributed by atoms with Gasteiger partial charge in [-0.1, -0.05) is 24.3 Å². The first kappa shape index (κ1) is 18.3. The number of amides is 1. The number of nitrogens with two attached hydrogens (primary N) is 1. The van der Waals surface area contributed by atoms with Crippen molar-refractivity contribution in [1.29, 1.82) is 0 Å². The second-order valence-electron chi connectivity index (χ2n) is 6.13. The minimum absolute atomic E-state index is 0.161. The second-order valence-corrected chi connectivity index (χ2v) is 6.13. The summed E-state index contributed by atoms with van der Waals surface area (Å²) in [6.07, 6.45) is 3.19. The Morgan fingerprint density at radius 2 is 1.78 bits per heavy atom. The zero-order valence-corrected chi connectivity index (χ0v) is 14.7. The van der Waals surface area contributed by atoms with Crippen molar-refractivity contribution in [2.45, 2.75) is 13.0 Å². The van der Waals surface area contributed by atoms with E-state index < -0.39 is 12.0 Å². The first-order valence-corrected chi connectivity index (χ1v) is 8.41. The van der Waals surface area contributed by atoms with Gasteiger partial charge in [0.15, 0.2) is 0 Å². The molecule has 0 radical (unpaired) electrons. The quantitative estimate of drug-likeness (QED) is 0.642. The molecule has 0 saturated heterocycles. The molecule has 3 aromatic rings. The Labute approximate surface area is 156 Å². The summed E-state index contributed by atoms with van der Waals surface area (Å²) in [5.41, 5.74) is 9.27. The average molecular weight is 361 g/mol. The van der Waals surface area contributed by atoms with Crippen molar-refractivity contribution in [1.82, 2.24) is 4.98 Å². The SMILES string of the molecule is CC(N)c1c(C(=O)O)cccc1-c1cccc(C(=O)Nc2ccncc2)c1. The molecule has 1 unspecified atom stereocenters. The number of hydrogen-bond donors (Lipinski definition) is 3. The Bertz CT molecular complexity index is 985. The van der Waals surface area contributed by atoms with Crippen LogP contribution in [0.15, 0.2) is 67.0 Å². The van der Waals surface area contributed by atoms with Crippen molar-refractivity contribution in [3.8, 4) is 11.1 Å². The topological polar surface area (TPSA) is 105 Å². The zero-order chi connectivity index (χ0) is 19.4. The van der Waals surface area contributed by atoms with Gasteiger partial charge in [-0.15, -0.1) is 0 Å². The molecule has 136 valence electrons. The fourth-order valence-electron chi connectivity index (χ4n) is 2.96. The van der Waals surface area contributed by atoms with E-state index in [1.165, 1.54) is 6.07 Å². The van der Waals surface area contributed by atoms with E-state index in [-0.39, 0.29) is 11.5 Å². The smallest absolute Gasteiger partial charge is 0.336 e. The number of aromatic carboxylic acids is 1. The number of anilines is 1. The van der Waals surface area contributed by atoms with Gasteiger partial charge in [-0.05, 0) is 53.9 Å². The Morgan fingerprint density at radius 1 is 1.07 bits per heavy atom. The molecule has 27 heavy (non-hydrogen) atoms. The van der Waals surface area contributed by atoms with Crippen LogP contribution in [-0.2, 0) is 0 Å². The number of carboxylic acid groups (broad SMARTS) is 1. The van der Waals surface area contributed by atoms with E-state index in [0.29, 0.717) is 22.4 Å². The Kier molecular flexibility index (Phi) is 5.28. The molecule has 0 saturated carbocycles. The lowest BCUT2D eigenvalue weighted by molar-refractivity contribution is 0.0695. The summed E-state index contributed by atoms with van der Waals surface area (Å²) >= 11 is 0. The lowest BCUT2D eigenvalue weighted by atomic mass is 9.91. The highest BCUT2D eigenvalue weighted by molar-refractivity contribution is 6.05. The molecule has 4 N–H and O–H groups in total. The molecule has 2 aromatic carbocycles. The van der Waals surface area contributed by atoms with Crippen LogP contribution in [0.25, 0.3) is 11.1 Å². The lowest BCUT2D eigenvalue weighted by Crippen LogP contribution is -2.14. The molecule has 1 heterocycles. The van der Waals surface area contributed by atoms with E-state index in [9.17, 15) is 14.7 Å². The molecule has 1 atom stereocenters. The fourth-order valence-corrected chi connectivity index (χ4v) is 2.96. The molecule has 3 rings (SSSR count). The average Bonchev–Trinajstić information content (AvgIpc) is 2.68. The summed E-state index contributed by atoms with van der Waals surface area (Å²) in [6.45, 7) is 1.74. The van der Waals surface area contributed by atoms with E-state index in [0.717, 1.165) is 5.56 Å². The van der Waals surface area contributed by atoms with Gasteiger partial charge in [-0.2, -0.15) is 0 Å². The number of carboxylic acids is 1. The van der Waals surface area contributed by atoms with Crippen LogP contribution in [0.3, 0.4) is 0 Å².